The van der Waals surface area contributed by atoms with Crippen molar-refractivity contribution in [2.75, 3.05) is 5.32 Å². The van der Waals surface area contributed by atoms with Crippen molar-refractivity contribution in [3.63, 3.8) is 0 Å². The number of carbonyl (C=O) groups excluding carboxylic acids is 1. The predicted octanol–water partition coefficient (Wildman–Crippen LogP) is 3.70. The number of nitrogens with zero attached hydrogens (tertiary/aromatic N) is 2. The summed E-state index contributed by atoms with van der Waals surface area (Å²) in [5, 5.41) is 14.1. The van der Waals surface area contributed by atoms with Crippen LogP contribution in [-0.4, -0.2) is 32.2 Å². The van der Waals surface area contributed by atoms with Crippen LogP contribution in [0.5, 0.6) is 0 Å². The minimum atomic E-state index is -1.31. The van der Waals surface area contributed by atoms with Gasteiger partial charge in [-0.15, -0.1) is 22.2 Å². The third-order valence-corrected chi connectivity index (χ3v) is 7.89. The van der Waals surface area contributed by atoms with Crippen LogP contribution in [0.2, 0.25) is 5.02 Å². The Bertz CT molecular complexity index is 1020. The van der Waals surface area contributed by atoms with Gasteiger partial charge in [0.15, 0.2) is 5.12 Å². The molecule has 0 bridgehead atoms. The van der Waals surface area contributed by atoms with Gasteiger partial charge in [0.2, 0.25) is 0 Å². The van der Waals surface area contributed by atoms with Gasteiger partial charge in [-0.1, -0.05) is 17.7 Å². The highest BCUT2D eigenvalue weighted by Crippen LogP contribution is 2.48. The van der Waals surface area contributed by atoms with E-state index in [4.69, 9.17) is 16.7 Å². The minimum absolute atomic E-state index is 0.112. The van der Waals surface area contributed by atoms with Crippen molar-refractivity contribution >= 4 is 60.8 Å². The van der Waals surface area contributed by atoms with Gasteiger partial charge in [0.05, 0.1) is 21.8 Å². The Morgan fingerprint density at radius 1 is 1.35 bits per heavy atom. The number of pyridine rings is 1. The van der Waals surface area contributed by atoms with Crippen molar-refractivity contribution in [2.45, 2.75) is 23.2 Å². The maximum atomic E-state index is 12.9. The zero-order valence-corrected chi connectivity index (χ0v) is 15.8. The van der Waals surface area contributed by atoms with Gasteiger partial charge < -0.3 is 10.4 Å². The molecule has 0 saturated heterocycles. The summed E-state index contributed by atoms with van der Waals surface area (Å²) in [6.45, 7) is 0. The first kappa shape index (κ1) is 17.3. The number of carboxylic acids is 1. The summed E-state index contributed by atoms with van der Waals surface area (Å²) in [5.74, 6) is -0.573. The number of benzene rings is 1. The topological polar surface area (TPSA) is 92.2 Å². The molecule has 134 valence electrons. The molecule has 0 radical (unpaired) electrons. The Morgan fingerprint density at radius 3 is 2.96 bits per heavy atom. The number of hydrogen-bond acceptors (Lipinski definition) is 6. The van der Waals surface area contributed by atoms with E-state index in [-0.39, 0.29) is 11.5 Å². The first-order chi connectivity index (χ1) is 12.5. The van der Waals surface area contributed by atoms with Crippen LogP contribution in [0.25, 0.3) is 10.2 Å². The molecule has 0 amide bonds. The van der Waals surface area contributed by atoms with Gasteiger partial charge in [-0.3, -0.25) is 9.59 Å². The number of thiol groups is 1. The number of anilines is 1. The molecule has 2 N–H and O–H groups in total. The Labute approximate surface area is 160 Å². The molecule has 6 nitrogen and oxygen atoms in total. The van der Waals surface area contributed by atoms with Crippen molar-refractivity contribution in [1.82, 2.24) is 9.97 Å². The van der Waals surface area contributed by atoms with Gasteiger partial charge in [0.1, 0.15) is 21.6 Å². The number of halogens is 1. The van der Waals surface area contributed by atoms with Crippen molar-refractivity contribution in [3.8, 4) is 0 Å². The van der Waals surface area contributed by atoms with Crippen molar-refractivity contribution in [1.29, 1.82) is 0 Å². The fraction of sp³-hybridized carbons (Fsp3) is 0.176. The molecule has 3 aromatic rings. The van der Waals surface area contributed by atoms with Crippen LogP contribution in [0.15, 0.2) is 41.6 Å². The first-order valence-corrected chi connectivity index (χ1v) is 10.5. The summed E-state index contributed by atoms with van der Waals surface area (Å²) < 4.78 is 0.966. The van der Waals surface area contributed by atoms with E-state index in [1.807, 2.05) is 18.2 Å². The molecule has 2 atom stereocenters. The van der Waals surface area contributed by atoms with Crippen molar-refractivity contribution < 1.29 is 14.7 Å². The third kappa shape index (κ3) is 3.15. The number of fused-ring (bicyclic) bond motifs is 2. The van der Waals surface area contributed by atoms with Gasteiger partial charge in [0, 0.05) is 11.9 Å². The Morgan fingerprint density at radius 2 is 2.19 bits per heavy atom. The van der Waals surface area contributed by atoms with E-state index in [0.717, 1.165) is 20.9 Å². The minimum Gasteiger partial charge on any atom is -0.481 e. The number of para-hydroxylation sites is 1. The summed E-state index contributed by atoms with van der Waals surface area (Å²) in [5.41, 5.74) is 1.46. The molecular formula is C17H14ClN3O3S2. The molecule has 0 saturated carbocycles. The monoisotopic (exact) mass is 407 g/mol. The van der Waals surface area contributed by atoms with E-state index in [1.165, 1.54) is 11.3 Å². The zero-order chi connectivity index (χ0) is 18.3. The normalized spacial score (nSPS) is 20.6. The molecular weight excluding hydrogens is 394 g/mol. The number of thiazole rings is 1. The fourth-order valence-corrected chi connectivity index (χ4v) is 6.63. The smallest absolute Gasteiger partial charge is 0.305 e. The molecule has 3 heterocycles. The molecule has 2 unspecified atom stereocenters. The quantitative estimate of drug-likeness (QED) is 0.571. The first-order valence-electron chi connectivity index (χ1n) is 7.81. The molecule has 4 rings (SSSR count). The lowest BCUT2D eigenvalue weighted by atomic mass is 10.2. The SMILES string of the molecule is O=C(O)CC1Nc2cccnc2[SH](Cc2nc3c(Cl)cccc3s2)C1=O. The summed E-state index contributed by atoms with van der Waals surface area (Å²) in [6, 6.07) is 8.45. The van der Waals surface area contributed by atoms with Crippen LogP contribution in [0.4, 0.5) is 5.69 Å². The number of hydrogen-bond donors (Lipinski definition) is 3. The van der Waals surface area contributed by atoms with E-state index in [1.54, 1.807) is 18.3 Å². The summed E-state index contributed by atoms with van der Waals surface area (Å²) in [6.07, 6.45) is 1.40. The Hall–Kier alpha value is -2.16. The van der Waals surface area contributed by atoms with Crippen LogP contribution in [0.3, 0.4) is 0 Å². The van der Waals surface area contributed by atoms with Crippen LogP contribution >= 0.6 is 33.8 Å². The molecule has 0 spiro atoms. The molecule has 9 heteroatoms. The summed E-state index contributed by atoms with van der Waals surface area (Å²) >= 11 is 7.70. The predicted molar refractivity (Wildman–Crippen MR) is 104 cm³/mol. The second-order valence-corrected chi connectivity index (χ2v) is 9.35. The number of rotatable bonds is 4. The average Bonchev–Trinajstić information content (AvgIpc) is 3.02. The number of nitrogens with one attached hydrogen (secondary N) is 1. The van der Waals surface area contributed by atoms with E-state index in [0.29, 0.717) is 15.8 Å². The second-order valence-electron chi connectivity index (χ2n) is 5.79. The molecule has 1 aromatic carbocycles. The fourth-order valence-electron chi connectivity index (χ4n) is 2.90. The zero-order valence-electron chi connectivity index (χ0n) is 13.3. The highest BCUT2D eigenvalue weighted by molar-refractivity contribution is 8.29. The van der Waals surface area contributed by atoms with Crippen LogP contribution in [0, 0.1) is 0 Å². The highest BCUT2D eigenvalue weighted by Gasteiger charge is 2.35. The maximum Gasteiger partial charge on any atom is 0.305 e. The molecule has 0 aliphatic carbocycles. The lowest BCUT2D eigenvalue weighted by Crippen LogP contribution is -2.36. The van der Waals surface area contributed by atoms with Crippen LogP contribution in [0.1, 0.15) is 11.4 Å². The highest BCUT2D eigenvalue weighted by atomic mass is 35.5. The van der Waals surface area contributed by atoms with E-state index in [2.05, 4.69) is 15.3 Å². The lowest BCUT2D eigenvalue weighted by molar-refractivity contribution is -0.138. The lowest BCUT2D eigenvalue weighted by Gasteiger charge is -2.32. The van der Waals surface area contributed by atoms with Crippen molar-refractivity contribution in [2.24, 2.45) is 0 Å². The van der Waals surface area contributed by atoms with Crippen LogP contribution < -0.4 is 5.32 Å². The molecule has 2 aromatic heterocycles. The number of carbonyl (C=O) groups is 2. The number of aromatic nitrogens is 2. The molecule has 0 fully saturated rings. The standard InChI is InChI=1S/C17H14ClN3O3S2/c18-9-3-1-5-12-15(9)21-13(25-12)8-26-16-10(4-2-6-19-16)20-11(17(26)24)7-14(22)23/h1-6,11,20,26H,7-8H2,(H,22,23). The Kier molecular flexibility index (Phi) is 4.56. The molecule has 1 aliphatic rings. The average molecular weight is 408 g/mol. The van der Waals surface area contributed by atoms with Gasteiger partial charge >= 0.3 is 5.97 Å². The number of carboxylic acid groups (broad SMARTS) is 1. The van der Waals surface area contributed by atoms with Gasteiger partial charge in [-0.25, -0.2) is 9.97 Å². The summed E-state index contributed by atoms with van der Waals surface area (Å²) in [7, 11) is -1.31. The van der Waals surface area contributed by atoms with Crippen LogP contribution in [-0.2, 0) is 15.3 Å². The maximum absolute atomic E-state index is 12.9. The van der Waals surface area contributed by atoms with Crippen molar-refractivity contribution in [3.05, 3.63) is 46.6 Å². The number of aliphatic carboxylic acids is 1. The van der Waals surface area contributed by atoms with E-state index < -0.39 is 22.9 Å². The molecule has 26 heavy (non-hydrogen) atoms. The second kappa shape index (κ2) is 6.86. The van der Waals surface area contributed by atoms with Gasteiger partial charge in [0.25, 0.3) is 0 Å². The molecule has 1 aliphatic heterocycles. The summed E-state index contributed by atoms with van der Waals surface area (Å²) in [4.78, 5) is 33.0. The largest absolute Gasteiger partial charge is 0.481 e. The van der Waals surface area contributed by atoms with Gasteiger partial charge in [-0.2, -0.15) is 0 Å². The van der Waals surface area contributed by atoms with E-state index in [9.17, 15) is 9.59 Å². The van der Waals surface area contributed by atoms with Gasteiger partial charge in [-0.05, 0) is 24.3 Å². The third-order valence-electron chi connectivity index (χ3n) is 4.02. The van der Waals surface area contributed by atoms with E-state index >= 15 is 0 Å². The Balaban J connectivity index is 1.71.